The van der Waals surface area contributed by atoms with Gasteiger partial charge < -0.3 is 35.4 Å². The lowest BCUT2D eigenvalue weighted by Crippen LogP contribution is -2.29. The molecule has 0 aromatic carbocycles. The number of hydrogen-bond donors (Lipinski definition) is 5. The van der Waals surface area contributed by atoms with E-state index in [-0.39, 0.29) is 44.2 Å². The first kappa shape index (κ1) is 52.8. The number of carbonyl (C=O) groups is 2. The molecular weight excluding hydrogens is 761 g/mol. The molecular formula is C45H72NO11P. The van der Waals surface area contributed by atoms with Crippen molar-refractivity contribution in [3.05, 3.63) is 97.2 Å². The van der Waals surface area contributed by atoms with Crippen LogP contribution in [0, 0.1) is 11.8 Å². The van der Waals surface area contributed by atoms with Crippen molar-refractivity contribution < 1.29 is 52.9 Å². The Morgan fingerprint density at radius 2 is 1.38 bits per heavy atom. The summed E-state index contributed by atoms with van der Waals surface area (Å²) in [4.78, 5) is 35.1. The summed E-state index contributed by atoms with van der Waals surface area (Å²) in [6.07, 6.45) is 38.7. The molecule has 0 aromatic rings. The molecule has 0 saturated heterocycles. The molecule has 13 heteroatoms. The van der Waals surface area contributed by atoms with Crippen LogP contribution in [0.5, 0.6) is 0 Å². The zero-order chi connectivity index (χ0) is 42.7. The number of aliphatic hydroxyl groups excluding tert-OH is 3. The summed E-state index contributed by atoms with van der Waals surface area (Å²) < 4.78 is 32.6. The number of unbranched alkanes of at least 4 members (excludes halogenated alkanes) is 2. The first-order chi connectivity index (χ1) is 28.0. The van der Waals surface area contributed by atoms with Gasteiger partial charge in [-0.15, -0.1) is 0 Å². The topological polar surface area (TPSA) is 195 Å². The van der Waals surface area contributed by atoms with E-state index in [0.717, 1.165) is 57.8 Å². The molecule has 1 aliphatic rings. The zero-order valence-corrected chi connectivity index (χ0v) is 35.7. The predicted molar refractivity (Wildman–Crippen MR) is 230 cm³/mol. The number of carbonyl (C=O) groups excluding carboxylic acids is 2. The van der Waals surface area contributed by atoms with Crippen LogP contribution < -0.4 is 5.73 Å². The summed E-state index contributed by atoms with van der Waals surface area (Å²) in [7, 11) is -4.49. The standard InChI is InChI=1S/C45H72NO11P/c1-3-5-7-8-9-10-11-12-13-14-15-16-17-18-19-20-21-22-24-29-44(50)54-36-39(37-56-58(52,53)55-34-33-46)57-45(51)30-26-25-28-40-41(43(49)35-42(40)48)32-31-38(47)27-23-6-4-2/h5,7,9-10,12-13,15-16,18-19,21-22,25-26,31-32,38-43,47-49H,3-4,6,8,11,14,17,20,23-24,27-30,33-37,46H2,1-2H3,(H,52,53)/b7-5-,10-9-,13-12-,16-15-,19-18-,22-21-,26-25-,32-31+/t38-,39-,40+,41-,42+,43-/m1/s1. The van der Waals surface area contributed by atoms with E-state index < -0.39 is 57.4 Å². The van der Waals surface area contributed by atoms with Crippen molar-refractivity contribution in [2.24, 2.45) is 17.6 Å². The monoisotopic (exact) mass is 833 g/mol. The number of phosphoric acid groups is 1. The maximum Gasteiger partial charge on any atom is 0.472 e. The summed E-state index contributed by atoms with van der Waals surface area (Å²) >= 11 is 0. The largest absolute Gasteiger partial charge is 0.472 e. The van der Waals surface area contributed by atoms with Gasteiger partial charge in [0.25, 0.3) is 0 Å². The van der Waals surface area contributed by atoms with E-state index >= 15 is 0 Å². The third kappa shape index (κ3) is 28.3. The van der Waals surface area contributed by atoms with E-state index in [1.165, 1.54) is 0 Å². The van der Waals surface area contributed by atoms with Gasteiger partial charge in [0.1, 0.15) is 6.61 Å². The lowest BCUT2D eigenvalue weighted by atomic mass is 9.89. The molecule has 0 aliphatic heterocycles. The number of hydrogen-bond acceptors (Lipinski definition) is 11. The number of aliphatic hydroxyl groups is 3. The van der Waals surface area contributed by atoms with Crippen LogP contribution in [0.3, 0.4) is 0 Å². The second kappa shape index (κ2) is 34.7. The molecule has 328 valence electrons. The maximum absolute atomic E-state index is 12.7. The smallest absolute Gasteiger partial charge is 0.462 e. The van der Waals surface area contributed by atoms with Crippen molar-refractivity contribution in [3.63, 3.8) is 0 Å². The Morgan fingerprint density at radius 3 is 1.97 bits per heavy atom. The van der Waals surface area contributed by atoms with Gasteiger partial charge in [0.2, 0.25) is 0 Å². The molecule has 0 bridgehead atoms. The van der Waals surface area contributed by atoms with Crippen molar-refractivity contribution in [2.75, 3.05) is 26.4 Å². The van der Waals surface area contributed by atoms with Crippen LogP contribution in [0.4, 0.5) is 0 Å². The summed E-state index contributed by atoms with van der Waals surface area (Å²) in [5, 5.41) is 31.3. The molecule has 7 atom stereocenters. The Kier molecular flexibility index (Phi) is 31.6. The van der Waals surface area contributed by atoms with Gasteiger partial charge >= 0.3 is 19.8 Å². The molecule has 12 nitrogen and oxygen atoms in total. The number of rotatable bonds is 33. The highest BCUT2D eigenvalue weighted by atomic mass is 31.2. The highest BCUT2D eigenvalue weighted by Gasteiger charge is 2.39. The van der Waals surface area contributed by atoms with E-state index in [4.69, 9.17) is 24.3 Å². The number of ether oxygens (including phenoxy) is 2. The van der Waals surface area contributed by atoms with Gasteiger partial charge in [-0.05, 0) is 63.7 Å². The molecule has 1 unspecified atom stereocenters. The van der Waals surface area contributed by atoms with Crippen LogP contribution in [0.25, 0.3) is 0 Å². The van der Waals surface area contributed by atoms with Gasteiger partial charge in [-0.2, -0.15) is 0 Å². The molecule has 1 saturated carbocycles. The lowest BCUT2D eigenvalue weighted by Gasteiger charge is -2.20. The van der Waals surface area contributed by atoms with E-state index in [0.29, 0.717) is 19.3 Å². The molecule has 0 heterocycles. The highest BCUT2D eigenvalue weighted by Crippen LogP contribution is 2.43. The third-order valence-electron chi connectivity index (χ3n) is 9.07. The van der Waals surface area contributed by atoms with E-state index in [1.54, 1.807) is 24.3 Å². The van der Waals surface area contributed by atoms with Crippen molar-refractivity contribution in [1.29, 1.82) is 0 Å². The summed E-state index contributed by atoms with van der Waals surface area (Å²) in [5.74, 6) is -1.89. The summed E-state index contributed by atoms with van der Waals surface area (Å²) in [6.45, 7) is 3.01. The Balaban J connectivity index is 2.52. The number of allylic oxidation sites excluding steroid dienone is 13. The minimum absolute atomic E-state index is 0.0120. The number of nitrogens with two attached hydrogens (primary N) is 1. The second-order valence-corrected chi connectivity index (χ2v) is 15.6. The first-order valence-corrected chi connectivity index (χ1v) is 22.5. The number of esters is 2. The van der Waals surface area contributed by atoms with E-state index in [1.807, 2.05) is 12.2 Å². The molecule has 1 fully saturated rings. The van der Waals surface area contributed by atoms with Crippen molar-refractivity contribution in [3.8, 4) is 0 Å². The minimum atomic E-state index is -4.49. The molecule has 0 radical (unpaired) electrons. The predicted octanol–water partition coefficient (Wildman–Crippen LogP) is 8.20. The zero-order valence-electron chi connectivity index (χ0n) is 34.8. The van der Waals surface area contributed by atoms with Crippen molar-refractivity contribution in [2.45, 2.75) is 135 Å². The normalized spacial score (nSPS) is 21.3. The molecule has 0 amide bonds. The molecule has 0 aromatic heterocycles. The number of phosphoric ester groups is 1. The third-order valence-corrected chi connectivity index (χ3v) is 10.1. The lowest BCUT2D eigenvalue weighted by molar-refractivity contribution is -0.160. The molecule has 58 heavy (non-hydrogen) atoms. The van der Waals surface area contributed by atoms with E-state index in [9.17, 15) is 34.4 Å². The average Bonchev–Trinajstić information content (AvgIpc) is 3.47. The van der Waals surface area contributed by atoms with Crippen LogP contribution in [-0.2, 0) is 32.7 Å². The molecule has 0 spiro atoms. The molecule has 1 aliphatic carbocycles. The quantitative estimate of drug-likeness (QED) is 0.0184. The van der Waals surface area contributed by atoms with Crippen molar-refractivity contribution >= 4 is 19.8 Å². The average molecular weight is 834 g/mol. The maximum atomic E-state index is 12.7. The van der Waals surface area contributed by atoms with Crippen LogP contribution in [0.15, 0.2) is 97.2 Å². The summed E-state index contributed by atoms with van der Waals surface area (Å²) in [6, 6.07) is 0. The first-order valence-electron chi connectivity index (χ1n) is 21.0. The van der Waals surface area contributed by atoms with Crippen LogP contribution in [-0.4, -0.2) is 82.9 Å². The second-order valence-electron chi connectivity index (χ2n) is 14.1. The molecule has 6 N–H and O–H groups in total. The fraction of sp³-hybridized carbons (Fsp3) is 0.600. The van der Waals surface area contributed by atoms with Gasteiger partial charge in [0, 0.05) is 25.3 Å². The van der Waals surface area contributed by atoms with Gasteiger partial charge in [0.15, 0.2) is 6.10 Å². The van der Waals surface area contributed by atoms with Crippen LogP contribution >= 0.6 is 7.82 Å². The fourth-order valence-corrected chi connectivity index (χ4v) is 6.69. The Hall–Kier alpha value is -3.19. The van der Waals surface area contributed by atoms with Gasteiger partial charge in [0.05, 0.1) is 37.9 Å². The van der Waals surface area contributed by atoms with Gasteiger partial charge in [-0.1, -0.05) is 130 Å². The minimum Gasteiger partial charge on any atom is -0.462 e. The highest BCUT2D eigenvalue weighted by molar-refractivity contribution is 7.47. The fourth-order valence-electron chi connectivity index (χ4n) is 5.93. The van der Waals surface area contributed by atoms with Gasteiger partial charge in [-0.3, -0.25) is 18.6 Å². The van der Waals surface area contributed by atoms with Crippen LogP contribution in [0.2, 0.25) is 0 Å². The Morgan fingerprint density at radius 1 is 0.776 bits per heavy atom. The SMILES string of the molecule is CC/C=C\C/C=C\C/C=C\C/C=C\C/C=C\C/C=C\CCC(=O)OC[C@H](COP(=O)(O)OCCN)OC(=O)C/C=C\C[C@H]1[C@@H](/C=C/[C@H](O)CCCCC)[C@H](O)C[C@@H]1O. The Labute approximate surface area is 347 Å². The molecule has 1 rings (SSSR count). The Bertz CT molecular complexity index is 1390. The van der Waals surface area contributed by atoms with E-state index in [2.05, 4.69) is 74.6 Å². The van der Waals surface area contributed by atoms with Crippen molar-refractivity contribution in [1.82, 2.24) is 0 Å². The van der Waals surface area contributed by atoms with Gasteiger partial charge in [-0.25, -0.2) is 4.57 Å². The van der Waals surface area contributed by atoms with Crippen LogP contribution in [0.1, 0.15) is 110 Å². The summed E-state index contributed by atoms with van der Waals surface area (Å²) in [5.41, 5.74) is 5.33.